The average molecular weight is 466 g/mol. The molecule has 2 aromatic carbocycles. The Morgan fingerprint density at radius 1 is 1.12 bits per heavy atom. The summed E-state index contributed by atoms with van der Waals surface area (Å²) in [6.07, 6.45) is 4.66. The number of fused-ring (bicyclic) bond motifs is 1. The fourth-order valence-electron chi connectivity index (χ4n) is 3.19. The minimum Gasteiger partial charge on any atom is -0.348 e. The van der Waals surface area contributed by atoms with Crippen molar-refractivity contribution in [2.24, 2.45) is 0 Å². The number of nitrogens with zero attached hydrogens (tertiary/aromatic N) is 3. The summed E-state index contributed by atoms with van der Waals surface area (Å²) in [7, 11) is -4.11. The molecule has 33 heavy (non-hydrogen) atoms. The van der Waals surface area contributed by atoms with Crippen molar-refractivity contribution in [1.29, 1.82) is 0 Å². The lowest BCUT2D eigenvalue weighted by Crippen LogP contribution is -2.26. The molecular formula is C23H20FN5O3S. The minimum absolute atomic E-state index is 0.0184. The first-order valence-electron chi connectivity index (χ1n) is 9.95. The number of para-hydroxylation sites is 2. The van der Waals surface area contributed by atoms with Crippen LogP contribution < -0.4 is 10.0 Å². The van der Waals surface area contributed by atoms with Crippen LogP contribution in [0.3, 0.4) is 0 Å². The number of hydrogen-bond acceptors (Lipinski definition) is 5. The number of nitrogens with one attached hydrogen (secondary N) is 2. The smallest absolute Gasteiger partial charge is 0.251 e. The largest absolute Gasteiger partial charge is 0.348 e. The molecule has 4 aromatic rings. The van der Waals surface area contributed by atoms with Crippen LogP contribution in [0.2, 0.25) is 0 Å². The minimum atomic E-state index is -4.11. The van der Waals surface area contributed by atoms with E-state index < -0.39 is 26.6 Å². The SMILES string of the molecule is C=CCNS(=O)(=O)c1cc(C(=O)NCc2ccc(-n3cnc4ccccc43)nc2)ccc1F. The van der Waals surface area contributed by atoms with Crippen LogP contribution >= 0.6 is 0 Å². The van der Waals surface area contributed by atoms with Gasteiger partial charge in [-0.25, -0.2) is 27.5 Å². The highest BCUT2D eigenvalue weighted by Gasteiger charge is 2.20. The van der Waals surface area contributed by atoms with Crippen LogP contribution in [0.15, 0.2) is 84.7 Å². The Labute approximate surface area is 189 Å². The average Bonchev–Trinajstić information content (AvgIpc) is 3.26. The molecule has 10 heteroatoms. The molecular weight excluding hydrogens is 445 g/mol. The zero-order valence-electron chi connectivity index (χ0n) is 17.4. The lowest BCUT2D eigenvalue weighted by molar-refractivity contribution is 0.0950. The molecule has 1 amide bonds. The molecule has 0 saturated carbocycles. The molecule has 0 aliphatic heterocycles. The van der Waals surface area contributed by atoms with Gasteiger partial charge in [0.15, 0.2) is 0 Å². The third-order valence-corrected chi connectivity index (χ3v) is 6.30. The number of pyridine rings is 1. The zero-order chi connectivity index (χ0) is 23.4. The van der Waals surface area contributed by atoms with E-state index in [0.717, 1.165) is 28.7 Å². The summed E-state index contributed by atoms with van der Waals surface area (Å²) in [5.74, 6) is -0.811. The van der Waals surface area contributed by atoms with Gasteiger partial charge in [-0.15, -0.1) is 6.58 Å². The number of imidazole rings is 1. The maximum atomic E-state index is 14.1. The van der Waals surface area contributed by atoms with E-state index in [9.17, 15) is 17.6 Å². The van der Waals surface area contributed by atoms with E-state index in [1.807, 2.05) is 41.0 Å². The standard InChI is InChI=1S/C23H20FN5O3S/c1-2-11-28-33(31,32)21-12-17(8-9-18(21)24)23(30)26-14-16-7-10-22(25-13-16)29-15-27-19-5-3-4-6-20(19)29/h2-10,12-13,15,28H,1,11,14H2,(H,26,30). The molecule has 8 nitrogen and oxygen atoms in total. The summed E-state index contributed by atoms with van der Waals surface area (Å²) >= 11 is 0. The summed E-state index contributed by atoms with van der Waals surface area (Å²) in [6.45, 7) is 3.52. The first-order chi connectivity index (χ1) is 15.9. The molecule has 0 bridgehead atoms. The molecule has 0 atom stereocenters. The second kappa shape index (κ2) is 9.31. The van der Waals surface area contributed by atoms with Crippen LogP contribution in [0.5, 0.6) is 0 Å². The van der Waals surface area contributed by atoms with E-state index in [2.05, 4.69) is 26.6 Å². The summed E-state index contributed by atoms with van der Waals surface area (Å²) in [5, 5.41) is 2.69. The first-order valence-corrected chi connectivity index (χ1v) is 11.4. The molecule has 0 saturated heterocycles. The van der Waals surface area contributed by atoms with Gasteiger partial charge in [0.25, 0.3) is 5.91 Å². The van der Waals surface area contributed by atoms with Crippen LogP contribution in [0, 0.1) is 5.82 Å². The molecule has 2 aromatic heterocycles. The van der Waals surface area contributed by atoms with Crippen molar-refractivity contribution >= 4 is 27.0 Å². The molecule has 0 fully saturated rings. The first kappa shape index (κ1) is 22.3. The predicted octanol–water partition coefficient (Wildman–Crippen LogP) is 2.95. The molecule has 0 aliphatic rings. The lowest BCUT2D eigenvalue weighted by Gasteiger charge is -2.10. The van der Waals surface area contributed by atoms with Crippen LogP contribution in [0.4, 0.5) is 4.39 Å². The molecule has 4 rings (SSSR count). The Kier molecular flexibility index (Phi) is 6.29. The third-order valence-electron chi connectivity index (χ3n) is 4.86. The lowest BCUT2D eigenvalue weighted by atomic mass is 10.2. The van der Waals surface area contributed by atoms with Crippen molar-refractivity contribution < 1.29 is 17.6 Å². The predicted molar refractivity (Wildman–Crippen MR) is 122 cm³/mol. The second-order valence-electron chi connectivity index (χ2n) is 7.10. The van der Waals surface area contributed by atoms with Gasteiger partial charge in [0.05, 0.1) is 11.0 Å². The van der Waals surface area contributed by atoms with Crippen molar-refractivity contribution in [1.82, 2.24) is 24.6 Å². The Balaban J connectivity index is 1.46. The topological polar surface area (TPSA) is 106 Å². The highest BCUT2D eigenvalue weighted by molar-refractivity contribution is 7.89. The van der Waals surface area contributed by atoms with Crippen molar-refractivity contribution in [3.05, 3.63) is 96.7 Å². The van der Waals surface area contributed by atoms with Crippen LogP contribution in [-0.4, -0.2) is 35.4 Å². The van der Waals surface area contributed by atoms with Crippen molar-refractivity contribution in [2.45, 2.75) is 11.4 Å². The van der Waals surface area contributed by atoms with Crippen LogP contribution in [0.1, 0.15) is 15.9 Å². The van der Waals surface area contributed by atoms with Gasteiger partial charge in [-0.1, -0.05) is 24.3 Å². The van der Waals surface area contributed by atoms with E-state index in [1.165, 1.54) is 12.1 Å². The number of halogens is 1. The van der Waals surface area contributed by atoms with Gasteiger partial charge in [-0.05, 0) is 42.0 Å². The maximum absolute atomic E-state index is 14.1. The fraction of sp³-hybridized carbons (Fsp3) is 0.0870. The van der Waals surface area contributed by atoms with E-state index in [1.54, 1.807) is 12.5 Å². The molecule has 0 unspecified atom stereocenters. The number of sulfonamides is 1. The molecule has 0 radical (unpaired) electrons. The Bertz CT molecular complexity index is 1430. The van der Waals surface area contributed by atoms with Crippen molar-refractivity contribution in [2.75, 3.05) is 6.54 Å². The van der Waals surface area contributed by atoms with Gasteiger partial charge in [0.1, 0.15) is 22.9 Å². The number of amides is 1. The molecule has 168 valence electrons. The van der Waals surface area contributed by atoms with Gasteiger partial charge in [0, 0.05) is 24.8 Å². The molecule has 2 N–H and O–H groups in total. The summed E-state index contributed by atoms with van der Waals surface area (Å²) < 4.78 is 42.6. The van der Waals surface area contributed by atoms with E-state index in [4.69, 9.17) is 0 Å². The highest BCUT2D eigenvalue weighted by Crippen LogP contribution is 2.18. The Morgan fingerprint density at radius 3 is 2.70 bits per heavy atom. The normalized spacial score (nSPS) is 11.4. The van der Waals surface area contributed by atoms with Crippen molar-refractivity contribution in [3.8, 4) is 5.82 Å². The van der Waals surface area contributed by atoms with E-state index in [0.29, 0.717) is 5.82 Å². The number of carbonyl (C=O) groups excluding carboxylic acids is 1. The molecule has 2 heterocycles. The Morgan fingerprint density at radius 2 is 1.94 bits per heavy atom. The van der Waals surface area contributed by atoms with Gasteiger partial charge in [-0.3, -0.25) is 9.36 Å². The summed E-state index contributed by atoms with van der Waals surface area (Å²) in [5.41, 5.74) is 2.54. The van der Waals surface area contributed by atoms with Crippen LogP contribution in [0.25, 0.3) is 16.9 Å². The fourth-order valence-corrected chi connectivity index (χ4v) is 4.29. The van der Waals surface area contributed by atoms with E-state index >= 15 is 0 Å². The zero-order valence-corrected chi connectivity index (χ0v) is 18.2. The maximum Gasteiger partial charge on any atom is 0.251 e. The molecule has 0 spiro atoms. The van der Waals surface area contributed by atoms with Gasteiger partial charge < -0.3 is 5.32 Å². The number of hydrogen-bond donors (Lipinski definition) is 2. The van der Waals surface area contributed by atoms with E-state index in [-0.39, 0.29) is 18.7 Å². The Hall–Kier alpha value is -3.89. The van der Waals surface area contributed by atoms with Crippen molar-refractivity contribution in [3.63, 3.8) is 0 Å². The summed E-state index contributed by atoms with van der Waals surface area (Å²) in [6, 6.07) is 14.5. The number of rotatable bonds is 8. The number of benzene rings is 2. The monoisotopic (exact) mass is 465 g/mol. The molecule has 0 aliphatic carbocycles. The third kappa shape index (κ3) is 4.81. The highest BCUT2D eigenvalue weighted by atomic mass is 32.2. The van der Waals surface area contributed by atoms with Crippen LogP contribution in [-0.2, 0) is 16.6 Å². The second-order valence-corrected chi connectivity index (χ2v) is 8.83. The number of carbonyl (C=O) groups is 1. The summed E-state index contributed by atoms with van der Waals surface area (Å²) in [4.78, 5) is 20.7. The van der Waals surface area contributed by atoms with Gasteiger partial charge >= 0.3 is 0 Å². The van der Waals surface area contributed by atoms with Gasteiger partial charge in [-0.2, -0.15) is 0 Å². The quantitative estimate of drug-likeness (QED) is 0.389. The van der Waals surface area contributed by atoms with Gasteiger partial charge in [0.2, 0.25) is 10.0 Å². The number of aromatic nitrogens is 3.